The molecule has 133 valence electrons. The summed E-state index contributed by atoms with van der Waals surface area (Å²) < 4.78 is 0. The van der Waals surface area contributed by atoms with Gasteiger partial charge in [-0.25, -0.2) is 0 Å². The minimum atomic E-state index is 0.166. The van der Waals surface area contributed by atoms with Gasteiger partial charge in [0.1, 0.15) is 0 Å². The number of unbranched alkanes of at least 4 members (excludes halogenated alkanes) is 7. The largest absolute Gasteiger partial charge is 0.291 e. The van der Waals surface area contributed by atoms with Crippen molar-refractivity contribution in [3.63, 3.8) is 0 Å². The summed E-state index contributed by atoms with van der Waals surface area (Å²) in [5, 5.41) is 0. The highest BCUT2D eigenvalue weighted by Gasteiger charge is 2.09. The Balaban J connectivity index is 3.38. The van der Waals surface area contributed by atoms with Crippen molar-refractivity contribution >= 4 is 6.29 Å². The third-order valence-electron chi connectivity index (χ3n) is 4.18. The van der Waals surface area contributed by atoms with Gasteiger partial charge in [0.05, 0.1) is 0 Å². The molecule has 0 aliphatic heterocycles. The van der Waals surface area contributed by atoms with Gasteiger partial charge in [0.15, 0.2) is 0 Å². The molecule has 0 aromatic carbocycles. The molecule has 0 aromatic heterocycles. The minimum Gasteiger partial charge on any atom is -0.291 e. The lowest BCUT2D eigenvalue weighted by atomic mass is 9.93. The van der Waals surface area contributed by atoms with Gasteiger partial charge in [-0.05, 0) is 50.9 Å². The maximum atomic E-state index is 10.9. The second-order valence-electron chi connectivity index (χ2n) is 7.11. The number of rotatable bonds is 16. The highest BCUT2D eigenvalue weighted by molar-refractivity contribution is 5.54. The summed E-state index contributed by atoms with van der Waals surface area (Å²) in [5.41, 5.74) is 0. The molecule has 23 heavy (non-hydrogen) atoms. The molecule has 0 rings (SSSR count). The number of carbonyl (C=O) groups excluding carboxylic acids is 1. The maximum Gasteiger partial charge on any atom is 0.201 e. The predicted molar refractivity (Wildman–Crippen MR) is 103 cm³/mol. The van der Waals surface area contributed by atoms with Crippen molar-refractivity contribution in [3.8, 4) is 0 Å². The lowest BCUT2D eigenvalue weighted by Gasteiger charge is -2.11. The molecule has 1 unspecified atom stereocenters. The summed E-state index contributed by atoms with van der Waals surface area (Å²) in [5.74, 6) is 0.770. The quantitative estimate of drug-likeness (QED) is 0.217. The van der Waals surface area contributed by atoms with Crippen molar-refractivity contribution in [1.29, 1.82) is 0 Å². The van der Waals surface area contributed by atoms with Gasteiger partial charge < -0.3 is 0 Å². The smallest absolute Gasteiger partial charge is 0.201 e. The molecule has 0 saturated carbocycles. The molecule has 0 fully saturated rings. The Hall–Kier alpha value is -0.850. The summed E-state index contributed by atoms with van der Waals surface area (Å²) in [6.45, 7) is 6.60. The zero-order valence-corrected chi connectivity index (χ0v) is 15.9. The van der Waals surface area contributed by atoms with Crippen molar-refractivity contribution in [1.82, 2.24) is 0 Å². The van der Waals surface area contributed by atoms with Crippen LogP contribution in [0.25, 0.3) is 0 Å². The SMILES string of the molecule is CCCCC/C=C\C/C=C\CCCCCCC([C]=O)CC(C)C. The molecular weight excluding hydrogens is 280 g/mol. The lowest BCUT2D eigenvalue weighted by Crippen LogP contribution is -2.05. The van der Waals surface area contributed by atoms with Gasteiger partial charge in [0.2, 0.25) is 6.29 Å². The molecular formula is C22H39O. The van der Waals surface area contributed by atoms with E-state index < -0.39 is 0 Å². The molecule has 0 saturated heterocycles. The van der Waals surface area contributed by atoms with Gasteiger partial charge in [-0.2, -0.15) is 0 Å². The van der Waals surface area contributed by atoms with E-state index in [0.717, 1.165) is 19.3 Å². The van der Waals surface area contributed by atoms with Crippen LogP contribution in [-0.2, 0) is 4.79 Å². The first-order valence-corrected chi connectivity index (χ1v) is 9.88. The van der Waals surface area contributed by atoms with E-state index in [1.165, 1.54) is 57.8 Å². The van der Waals surface area contributed by atoms with Crippen molar-refractivity contribution < 1.29 is 4.79 Å². The molecule has 0 heterocycles. The van der Waals surface area contributed by atoms with Crippen LogP contribution in [0.2, 0.25) is 0 Å². The molecule has 1 atom stereocenters. The third-order valence-corrected chi connectivity index (χ3v) is 4.18. The van der Waals surface area contributed by atoms with Gasteiger partial charge in [-0.3, -0.25) is 4.79 Å². The molecule has 0 N–H and O–H groups in total. The van der Waals surface area contributed by atoms with Gasteiger partial charge in [-0.15, -0.1) is 0 Å². The second-order valence-corrected chi connectivity index (χ2v) is 7.11. The fraction of sp³-hybridized carbons (Fsp3) is 0.773. The molecule has 0 bridgehead atoms. The molecule has 1 nitrogen and oxygen atoms in total. The monoisotopic (exact) mass is 319 g/mol. The van der Waals surface area contributed by atoms with Crippen LogP contribution in [0.3, 0.4) is 0 Å². The Morgan fingerprint density at radius 1 is 0.826 bits per heavy atom. The average Bonchev–Trinajstić information content (AvgIpc) is 2.53. The molecule has 0 aliphatic carbocycles. The van der Waals surface area contributed by atoms with E-state index in [1.54, 1.807) is 0 Å². The summed E-state index contributed by atoms with van der Waals surface area (Å²) in [6.07, 6.45) is 25.9. The van der Waals surface area contributed by atoms with E-state index in [2.05, 4.69) is 51.4 Å². The van der Waals surface area contributed by atoms with Crippen LogP contribution < -0.4 is 0 Å². The van der Waals surface area contributed by atoms with Crippen LogP contribution in [0.5, 0.6) is 0 Å². The van der Waals surface area contributed by atoms with Crippen LogP contribution in [-0.4, -0.2) is 6.29 Å². The van der Waals surface area contributed by atoms with Crippen molar-refractivity contribution in [2.24, 2.45) is 11.8 Å². The number of hydrogen-bond donors (Lipinski definition) is 0. The van der Waals surface area contributed by atoms with Crippen LogP contribution in [0.1, 0.15) is 97.8 Å². The van der Waals surface area contributed by atoms with Crippen molar-refractivity contribution in [2.45, 2.75) is 97.8 Å². The van der Waals surface area contributed by atoms with E-state index >= 15 is 0 Å². The average molecular weight is 320 g/mol. The Morgan fingerprint density at radius 3 is 2.00 bits per heavy atom. The van der Waals surface area contributed by atoms with E-state index in [9.17, 15) is 4.79 Å². The first-order valence-electron chi connectivity index (χ1n) is 9.88. The van der Waals surface area contributed by atoms with Gasteiger partial charge in [-0.1, -0.05) is 77.2 Å². The Morgan fingerprint density at radius 2 is 1.43 bits per heavy atom. The summed E-state index contributed by atoms with van der Waals surface area (Å²) in [7, 11) is 0. The Labute approximate surface area is 145 Å². The Kier molecular flexibility index (Phi) is 16.9. The fourth-order valence-electron chi connectivity index (χ4n) is 2.82. The van der Waals surface area contributed by atoms with Gasteiger partial charge in [0.25, 0.3) is 0 Å². The van der Waals surface area contributed by atoms with Crippen molar-refractivity contribution in [2.75, 3.05) is 0 Å². The Bertz CT molecular complexity index is 301. The minimum absolute atomic E-state index is 0.166. The normalized spacial score (nSPS) is 13.4. The second kappa shape index (κ2) is 17.5. The molecule has 1 heteroatoms. The zero-order chi connectivity index (χ0) is 17.2. The molecule has 0 aromatic rings. The van der Waals surface area contributed by atoms with Crippen LogP contribution in [0, 0.1) is 11.8 Å². The standard InChI is InChI=1S/C22H39O/c1-4-5-6-7-8-9-10-11-12-13-14-15-16-17-18-22(20-23)19-21(2)3/h8-9,11-12,21-22H,4-7,10,13-19H2,1-3H3/b9-8-,12-11-. The van der Waals surface area contributed by atoms with E-state index in [0.29, 0.717) is 5.92 Å². The zero-order valence-electron chi connectivity index (χ0n) is 15.9. The summed E-state index contributed by atoms with van der Waals surface area (Å²) in [6, 6.07) is 0. The topological polar surface area (TPSA) is 17.1 Å². The summed E-state index contributed by atoms with van der Waals surface area (Å²) in [4.78, 5) is 10.9. The predicted octanol–water partition coefficient (Wildman–Crippen LogP) is 7.18. The highest BCUT2D eigenvalue weighted by atomic mass is 16.1. The van der Waals surface area contributed by atoms with Gasteiger partial charge in [0, 0.05) is 5.92 Å². The molecule has 1 radical (unpaired) electrons. The first-order chi connectivity index (χ1) is 11.2. The lowest BCUT2D eigenvalue weighted by molar-refractivity contribution is 0.425. The van der Waals surface area contributed by atoms with E-state index in [1.807, 2.05) is 0 Å². The van der Waals surface area contributed by atoms with Gasteiger partial charge >= 0.3 is 0 Å². The number of hydrogen-bond acceptors (Lipinski definition) is 1. The maximum absolute atomic E-state index is 10.9. The van der Waals surface area contributed by atoms with E-state index in [-0.39, 0.29) is 5.92 Å². The van der Waals surface area contributed by atoms with Crippen molar-refractivity contribution in [3.05, 3.63) is 24.3 Å². The summed E-state index contributed by atoms with van der Waals surface area (Å²) >= 11 is 0. The van der Waals surface area contributed by atoms with Crippen LogP contribution in [0.15, 0.2) is 24.3 Å². The number of allylic oxidation sites excluding steroid dienone is 4. The molecule has 0 amide bonds. The first kappa shape index (κ1) is 22.1. The molecule has 0 spiro atoms. The van der Waals surface area contributed by atoms with Crippen LogP contribution >= 0.6 is 0 Å². The fourth-order valence-corrected chi connectivity index (χ4v) is 2.82. The van der Waals surface area contributed by atoms with E-state index in [4.69, 9.17) is 0 Å². The molecule has 0 aliphatic rings. The highest BCUT2D eigenvalue weighted by Crippen LogP contribution is 2.17. The third kappa shape index (κ3) is 17.3. The van der Waals surface area contributed by atoms with Crippen LogP contribution in [0.4, 0.5) is 0 Å².